The summed E-state index contributed by atoms with van der Waals surface area (Å²) < 4.78 is 0. The Bertz CT molecular complexity index is 83.8. The molecule has 11 heavy (non-hydrogen) atoms. The van der Waals surface area contributed by atoms with Crippen LogP contribution in [0.5, 0.6) is 0 Å². The van der Waals surface area contributed by atoms with Crippen molar-refractivity contribution in [1.29, 1.82) is 0 Å². The molecule has 0 saturated heterocycles. The minimum Gasteiger partial charge on any atom is -0.165 e. The lowest BCUT2D eigenvalue weighted by Gasteiger charge is -2.28. The fraction of sp³-hybridized carbons (Fsp3) is 1.00. The van der Waals surface area contributed by atoms with E-state index >= 15 is 0 Å². The third-order valence-electron chi connectivity index (χ3n) is 2.15. The standard InChI is InChI=1S/C8H16Br2S/c1-3-8(6-9,7-10)4-5-11-2/h3-7H2,1-2H3. The van der Waals surface area contributed by atoms with Crippen molar-refractivity contribution in [3.63, 3.8) is 0 Å². The first-order valence-corrected chi connectivity index (χ1v) is 7.49. The van der Waals surface area contributed by atoms with Gasteiger partial charge < -0.3 is 0 Å². The lowest BCUT2D eigenvalue weighted by molar-refractivity contribution is 0.365. The summed E-state index contributed by atoms with van der Waals surface area (Å²) in [5, 5.41) is 2.23. The first-order valence-electron chi connectivity index (χ1n) is 3.85. The molecule has 0 aliphatic carbocycles. The Balaban J connectivity index is 3.84. The molecule has 0 atom stereocenters. The second-order valence-corrected chi connectivity index (χ2v) is 4.97. The molecule has 0 amide bonds. The van der Waals surface area contributed by atoms with Gasteiger partial charge in [0.1, 0.15) is 0 Å². The van der Waals surface area contributed by atoms with E-state index in [9.17, 15) is 0 Å². The van der Waals surface area contributed by atoms with Crippen LogP contribution < -0.4 is 0 Å². The minimum absolute atomic E-state index is 0.489. The highest BCUT2D eigenvalue weighted by Gasteiger charge is 2.24. The summed E-state index contributed by atoms with van der Waals surface area (Å²) >= 11 is 9.10. The fourth-order valence-corrected chi connectivity index (χ4v) is 3.77. The molecular weight excluding hydrogens is 288 g/mol. The number of hydrogen-bond donors (Lipinski definition) is 0. The number of thioether (sulfide) groups is 1. The molecule has 0 aromatic rings. The van der Waals surface area contributed by atoms with Crippen LogP contribution in [0.4, 0.5) is 0 Å². The molecule has 0 saturated carbocycles. The van der Waals surface area contributed by atoms with Gasteiger partial charge in [-0.2, -0.15) is 11.8 Å². The Labute approximate surface area is 91.2 Å². The summed E-state index contributed by atoms with van der Waals surface area (Å²) in [4.78, 5) is 0. The minimum atomic E-state index is 0.489. The Morgan fingerprint density at radius 3 is 2.09 bits per heavy atom. The number of halogens is 2. The lowest BCUT2D eigenvalue weighted by Crippen LogP contribution is -2.24. The maximum absolute atomic E-state index is 3.58. The monoisotopic (exact) mass is 302 g/mol. The largest absolute Gasteiger partial charge is 0.165 e. The molecule has 0 heterocycles. The number of rotatable bonds is 6. The Morgan fingerprint density at radius 1 is 1.27 bits per heavy atom. The second kappa shape index (κ2) is 6.79. The highest BCUT2D eigenvalue weighted by Crippen LogP contribution is 2.32. The van der Waals surface area contributed by atoms with E-state index in [2.05, 4.69) is 45.0 Å². The van der Waals surface area contributed by atoms with E-state index in [0.29, 0.717) is 5.41 Å². The van der Waals surface area contributed by atoms with Crippen molar-refractivity contribution in [2.75, 3.05) is 22.7 Å². The zero-order valence-corrected chi connectivity index (χ0v) is 11.2. The van der Waals surface area contributed by atoms with E-state index in [1.807, 2.05) is 11.8 Å². The topological polar surface area (TPSA) is 0 Å². The quantitative estimate of drug-likeness (QED) is 0.670. The van der Waals surface area contributed by atoms with E-state index in [1.165, 1.54) is 18.6 Å². The van der Waals surface area contributed by atoms with Gasteiger partial charge >= 0.3 is 0 Å². The van der Waals surface area contributed by atoms with Crippen LogP contribution in [0, 0.1) is 5.41 Å². The van der Waals surface area contributed by atoms with E-state index < -0.39 is 0 Å². The molecule has 0 bridgehead atoms. The predicted octanol–water partition coefficient (Wildman–Crippen LogP) is 3.93. The molecule has 0 aromatic carbocycles. The summed E-state index contributed by atoms with van der Waals surface area (Å²) in [6, 6.07) is 0. The van der Waals surface area contributed by atoms with Gasteiger partial charge in [0.15, 0.2) is 0 Å². The highest BCUT2D eigenvalue weighted by molar-refractivity contribution is 9.09. The van der Waals surface area contributed by atoms with Gasteiger partial charge in [0.2, 0.25) is 0 Å². The Morgan fingerprint density at radius 2 is 1.82 bits per heavy atom. The maximum Gasteiger partial charge on any atom is 0.00961 e. The van der Waals surface area contributed by atoms with Gasteiger partial charge in [-0.15, -0.1) is 0 Å². The van der Waals surface area contributed by atoms with Crippen LogP contribution in [0.1, 0.15) is 19.8 Å². The fourth-order valence-electron chi connectivity index (χ4n) is 0.854. The van der Waals surface area contributed by atoms with Gasteiger partial charge in [0.05, 0.1) is 0 Å². The van der Waals surface area contributed by atoms with Crippen molar-refractivity contribution in [2.24, 2.45) is 5.41 Å². The zero-order chi connectivity index (χ0) is 8.74. The third-order valence-corrected chi connectivity index (χ3v) is 5.14. The van der Waals surface area contributed by atoms with Crippen molar-refractivity contribution < 1.29 is 0 Å². The molecule has 0 rings (SSSR count). The van der Waals surface area contributed by atoms with Crippen LogP contribution in [-0.4, -0.2) is 22.7 Å². The molecule has 0 N–H and O–H groups in total. The predicted molar refractivity (Wildman–Crippen MR) is 63.3 cm³/mol. The van der Waals surface area contributed by atoms with Crippen molar-refractivity contribution in [1.82, 2.24) is 0 Å². The summed E-state index contributed by atoms with van der Waals surface area (Å²) in [5.41, 5.74) is 0.489. The van der Waals surface area contributed by atoms with Crippen LogP contribution in [0.3, 0.4) is 0 Å². The lowest BCUT2D eigenvalue weighted by atomic mass is 9.87. The average molecular weight is 304 g/mol. The van der Waals surface area contributed by atoms with E-state index in [1.54, 1.807) is 0 Å². The van der Waals surface area contributed by atoms with E-state index in [0.717, 1.165) is 10.7 Å². The normalized spacial score (nSPS) is 12.0. The summed E-state index contributed by atoms with van der Waals surface area (Å²) in [5.74, 6) is 1.27. The zero-order valence-electron chi connectivity index (χ0n) is 7.20. The smallest absolute Gasteiger partial charge is 0.00961 e. The molecule has 0 aromatic heterocycles. The maximum atomic E-state index is 3.58. The molecule has 0 aliphatic heterocycles. The molecule has 0 fully saturated rings. The third kappa shape index (κ3) is 4.18. The average Bonchev–Trinajstić information content (AvgIpc) is 2.08. The molecule has 0 nitrogen and oxygen atoms in total. The molecular formula is C8H16Br2S. The molecule has 0 unspecified atom stereocenters. The number of hydrogen-bond acceptors (Lipinski definition) is 1. The molecule has 0 spiro atoms. The second-order valence-electron chi connectivity index (χ2n) is 2.86. The Hall–Kier alpha value is 1.31. The summed E-state index contributed by atoms with van der Waals surface area (Å²) in [7, 11) is 0. The van der Waals surface area contributed by atoms with Crippen molar-refractivity contribution >= 4 is 43.6 Å². The van der Waals surface area contributed by atoms with Crippen LogP contribution in [0.15, 0.2) is 0 Å². The van der Waals surface area contributed by atoms with E-state index in [-0.39, 0.29) is 0 Å². The van der Waals surface area contributed by atoms with Crippen LogP contribution >= 0.6 is 43.6 Å². The first kappa shape index (κ1) is 12.3. The molecule has 3 heteroatoms. The number of alkyl halides is 2. The van der Waals surface area contributed by atoms with Gasteiger partial charge in [-0.3, -0.25) is 0 Å². The first-order chi connectivity index (χ1) is 5.24. The molecule has 0 radical (unpaired) electrons. The SMILES string of the molecule is CCC(CBr)(CBr)CCSC. The molecule has 0 aliphatic rings. The highest BCUT2D eigenvalue weighted by atomic mass is 79.9. The van der Waals surface area contributed by atoms with Gasteiger partial charge in [-0.05, 0) is 30.3 Å². The van der Waals surface area contributed by atoms with Crippen molar-refractivity contribution in [3.05, 3.63) is 0 Å². The van der Waals surface area contributed by atoms with Gasteiger partial charge in [0.25, 0.3) is 0 Å². The van der Waals surface area contributed by atoms with Gasteiger partial charge in [0, 0.05) is 10.7 Å². The van der Waals surface area contributed by atoms with Crippen LogP contribution in [0.25, 0.3) is 0 Å². The van der Waals surface area contributed by atoms with Crippen molar-refractivity contribution in [2.45, 2.75) is 19.8 Å². The summed E-state index contributed by atoms with van der Waals surface area (Å²) in [6.45, 7) is 2.27. The summed E-state index contributed by atoms with van der Waals surface area (Å²) in [6.07, 6.45) is 4.73. The van der Waals surface area contributed by atoms with E-state index in [4.69, 9.17) is 0 Å². The van der Waals surface area contributed by atoms with Crippen LogP contribution in [-0.2, 0) is 0 Å². The van der Waals surface area contributed by atoms with Gasteiger partial charge in [-0.1, -0.05) is 38.8 Å². The van der Waals surface area contributed by atoms with Crippen LogP contribution in [0.2, 0.25) is 0 Å². The molecule has 68 valence electrons. The van der Waals surface area contributed by atoms with Gasteiger partial charge in [-0.25, -0.2) is 0 Å². The Kier molecular flexibility index (Phi) is 7.59. The van der Waals surface area contributed by atoms with Crippen molar-refractivity contribution in [3.8, 4) is 0 Å².